The van der Waals surface area contributed by atoms with Crippen LogP contribution in [0.15, 0.2) is 30.3 Å². The molecule has 1 aromatic carbocycles. The number of likely N-dealkylation sites (tertiary alicyclic amines) is 1. The van der Waals surface area contributed by atoms with Crippen LogP contribution in [0.4, 0.5) is 0 Å². The number of carbonyl (C=O) groups is 2. The highest BCUT2D eigenvalue weighted by Gasteiger charge is 2.34. The second-order valence-corrected chi connectivity index (χ2v) is 6.06. The number of rotatable bonds is 2. The number of hydrogen-bond acceptors (Lipinski definition) is 3. The summed E-state index contributed by atoms with van der Waals surface area (Å²) in [7, 11) is 1.79. The first-order valence-electron chi connectivity index (χ1n) is 7.84. The van der Waals surface area contributed by atoms with Crippen molar-refractivity contribution in [3.8, 4) is 0 Å². The first kappa shape index (κ1) is 15.0. The monoisotopic (exact) mass is 302 g/mol. The first-order chi connectivity index (χ1) is 10.6. The van der Waals surface area contributed by atoms with Crippen LogP contribution in [0.2, 0.25) is 0 Å². The van der Waals surface area contributed by atoms with E-state index in [1.807, 2.05) is 35.2 Å². The van der Waals surface area contributed by atoms with E-state index in [0.717, 1.165) is 12.0 Å². The maximum absolute atomic E-state index is 12.7. The van der Waals surface area contributed by atoms with E-state index in [1.165, 1.54) is 0 Å². The van der Waals surface area contributed by atoms with Crippen molar-refractivity contribution in [2.75, 3.05) is 33.3 Å². The summed E-state index contributed by atoms with van der Waals surface area (Å²) in [6.45, 7) is 2.40. The zero-order valence-corrected chi connectivity index (χ0v) is 12.9. The molecule has 3 rings (SSSR count). The third kappa shape index (κ3) is 3.14. The van der Waals surface area contributed by atoms with Crippen LogP contribution in [-0.2, 0) is 14.3 Å². The number of ether oxygens (including phenoxy) is 1. The minimum atomic E-state index is -0.168. The van der Waals surface area contributed by atoms with Crippen LogP contribution in [0, 0.1) is 5.92 Å². The SMILES string of the molecule is CN1CC[C@@H](C(=O)N2CCO[C@@H](c3ccccc3)C2)CC1=O. The molecule has 2 atom stereocenters. The number of hydrogen-bond donors (Lipinski definition) is 0. The Hall–Kier alpha value is -1.88. The summed E-state index contributed by atoms with van der Waals surface area (Å²) >= 11 is 0. The third-order valence-corrected chi connectivity index (χ3v) is 4.56. The Bertz CT molecular complexity index is 546. The lowest BCUT2D eigenvalue weighted by atomic mass is 9.94. The molecule has 5 nitrogen and oxygen atoms in total. The van der Waals surface area contributed by atoms with Crippen LogP contribution >= 0.6 is 0 Å². The molecule has 2 amide bonds. The molecule has 0 N–H and O–H groups in total. The fraction of sp³-hybridized carbons (Fsp3) is 0.529. The van der Waals surface area contributed by atoms with Crippen LogP contribution in [0.5, 0.6) is 0 Å². The maximum atomic E-state index is 12.7. The number of benzene rings is 1. The van der Waals surface area contributed by atoms with Gasteiger partial charge in [-0.05, 0) is 12.0 Å². The van der Waals surface area contributed by atoms with E-state index in [4.69, 9.17) is 4.74 Å². The summed E-state index contributed by atoms with van der Waals surface area (Å²) in [6.07, 6.45) is 1.03. The second-order valence-electron chi connectivity index (χ2n) is 6.06. The second kappa shape index (κ2) is 6.48. The van der Waals surface area contributed by atoms with Gasteiger partial charge in [-0.25, -0.2) is 0 Å². The molecule has 2 heterocycles. The fourth-order valence-electron chi connectivity index (χ4n) is 3.13. The number of piperidine rings is 1. The molecule has 0 spiro atoms. The van der Waals surface area contributed by atoms with Gasteiger partial charge in [0.15, 0.2) is 0 Å². The fourth-order valence-corrected chi connectivity index (χ4v) is 3.13. The number of morpholine rings is 1. The van der Waals surface area contributed by atoms with Gasteiger partial charge in [-0.2, -0.15) is 0 Å². The maximum Gasteiger partial charge on any atom is 0.226 e. The molecular formula is C17H22N2O3. The van der Waals surface area contributed by atoms with Gasteiger partial charge in [-0.1, -0.05) is 30.3 Å². The van der Waals surface area contributed by atoms with Crippen LogP contribution < -0.4 is 0 Å². The summed E-state index contributed by atoms with van der Waals surface area (Å²) in [5.74, 6) is 0.00127. The summed E-state index contributed by atoms with van der Waals surface area (Å²) in [5, 5.41) is 0. The Morgan fingerprint density at radius 1 is 1.23 bits per heavy atom. The van der Waals surface area contributed by atoms with Gasteiger partial charge in [-0.3, -0.25) is 9.59 Å². The van der Waals surface area contributed by atoms with Gasteiger partial charge in [0, 0.05) is 32.5 Å². The molecule has 5 heteroatoms. The van der Waals surface area contributed by atoms with Crippen molar-refractivity contribution in [1.29, 1.82) is 0 Å². The lowest BCUT2D eigenvalue weighted by molar-refractivity contribution is -0.149. The van der Waals surface area contributed by atoms with Crippen molar-refractivity contribution in [2.24, 2.45) is 5.92 Å². The van der Waals surface area contributed by atoms with E-state index in [1.54, 1.807) is 11.9 Å². The van der Waals surface area contributed by atoms with E-state index in [9.17, 15) is 9.59 Å². The van der Waals surface area contributed by atoms with Gasteiger partial charge >= 0.3 is 0 Å². The Morgan fingerprint density at radius 3 is 2.73 bits per heavy atom. The largest absolute Gasteiger partial charge is 0.370 e. The predicted octanol–water partition coefficient (Wildman–Crippen LogP) is 1.45. The number of nitrogens with zero attached hydrogens (tertiary/aromatic N) is 2. The van der Waals surface area contributed by atoms with Gasteiger partial charge in [0.2, 0.25) is 11.8 Å². The Labute approximate surface area is 130 Å². The van der Waals surface area contributed by atoms with Crippen LogP contribution in [0.3, 0.4) is 0 Å². The summed E-state index contributed by atoms with van der Waals surface area (Å²) in [5.41, 5.74) is 1.10. The highest BCUT2D eigenvalue weighted by molar-refractivity contribution is 5.87. The molecule has 2 fully saturated rings. The molecule has 118 valence electrons. The first-order valence-corrected chi connectivity index (χ1v) is 7.84. The summed E-state index contributed by atoms with van der Waals surface area (Å²) < 4.78 is 5.80. The van der Waals surface area contributed by atoms with Crippen LogP contribution in [-0.4, -0.2) is 54.9 Å². The zero-order valence-electron chi connectivity index (χ0n) is 12.9. The van der Waals surface area contributed by atoms with E-state index >= 15 is 0 Å². The number of amides is 2. The molecule has 0 bridgehead atoms. The molecule has 22 heavy (non-hydrogen) atoms. The molecule has 0 aliphatic carbocycles. The lowest BCUT2D eigenvalue weighted by Gasteiger charge is -2.37. The van der Waals surface area contributed by atoms with E-state index in [2.05, 4.69) is 0 Å². The van der Waals surface area contributed by atoms with Gasteiger partial charge in [-0.15, -0.1) is 0 Å². The quantitative estimate of drug-likeness (QED) is 0.831. The van der Waals surface area contributed by atoms with Gasteiger partial charge in [0.1, 0.15) is 6.10 Å². The number of carbonyl (C=O) groups excluding carboxylic acids is 2. The van der Waals surface area contributed by atoms with Crippen LogP contribution in [0.25, 0.3) is 0 Å². The van der Waals surface area contributed by atoms with Crippen molar-refractivity contribution in [1.82, 2.24) is 9.80 Å². The smallest absolute Gasteiger partial charge is 0.226 e. The molecular weight excluding hydrogens is 280 g/mol. The highest BCUT2D eigenvalue weighted by Crippen LogP contribution is 2.25. The molecule has 0 radical (unpaired) electrons. The van der Waals surface area contributed by atoms with Gasteiger partial charge in [0.25, 0.3) is 0 Å². The van der Waals surface area contributed by atoms with Crippen molar-refractivity contribution in [3.63, 3.8) is 0 Å². The minimum absolute atomic E-state index is 0.0671. The molecule has 0 unspecified atom stereocenters. The normalized spacial score (nSPS) is 26.1. The van der Waals surface area contributed by atoms with Gasteiger partial charge < -0.3 is 14.5 Å². The predicted molar refractivity (Wildman–Crippen MR) is 82.1 cm³/mol. The average molecular weight is 302 g/mol. The molecule has 2 aliphatic rings. The van der Waals surface area contributed by atoms with Crippen molar-refractivity contribution >= 4 is 11.8 Å². The lowest BCUT2D eigenvalue weighted by Crippen LogP contribution is -2.48. The molecule has 1 aromatic rings. The van der Waals surface area contributed by atoms with Gasteiger partial charge in [0.05, 0.1) is 13.2 Å². The summed E-state index contributed by atoms with van der Waals surface area (Å²) in [4.78, 5) is 28.1. The topological polar surface area (TPSA) is 49.9 Å². The Balaban J connectivity index is 1.64. The summed E-state index contributed by atoms with van der Waals surface area (Å²) in [6, 6.07) is 9.99. The van der Waals surface area contributed by atoms with Crippen molar-refractivity contribution in [2.45, 2.75) is 18.9 Å². The average Bonchev–Trinajstić information content (AvgIpc) is 2.57. The van der Waals surface area contributed by atoms with E-state index in [-0.39, 0.29) is 23.8 Å². The van der Waals surface area contributed by atoms with E-state index < -0.39 is 0 Å². The standard InChI is InChI=1S/C17H22N2O3/c1-18-8-7-14(11-16(18)20)17(21)19-9-10-22-15(12-19)13-5-3-2-4-6-13/h2-6,14-15H,7-12H2,1H3/t14-,15-/m1/s1. The molecule has 0 aromatic heterocycles. The molecule has 0 saturated carbocycles. The van der Waals surface area contributed by atoms with Crippen molar-refractivity contribution in [3.05, 3.63) is 35.9 Å². The molecule has 2 aliphatic heterocycles. The van der Waals surface area contributed by atoms with Crippen molar-refractivity contribution < 1.29 is 14.3 Å². The highest BCUT2D eigenvalue weighted by atomic mass is 16.5. The Morgan fingerprint density at radius 2 is 2.00 bits per heavy atom. The van der Waals surface area contributed by atoms with Crippen LogP contribution in [0.1, 0.15) is 24.5 Å². The third-order valence-electron chi connectivity index (χ3n) is 4.56. The Kier molecular flexibility index (Phi) is 4.43. The van der Waals surface area contributed by atoms with E-state index in [0.29, 0.717) is 32.7 Å². The minimum Gasteiger partial charge on any atom is -0.370 e. The molecule has 2 saturated heterocycles. The zero-order chi connectivity index (χ0) is 15.5.